The molecule has 1 aromatic rings. The summed E-state index contributed by atoms with van der Waals surface area (Å²) in [5.41, 5.74) is 1.13. The van der Waals surface area contributed by atoms with Crippen LogP contribution in [-0.4, -0.2) is 26.2 Å². The quantitative estimate of drug-likeness (QED) is 0.803. The molecule has 0 amide bonds. The summed E-state index contributed by atoms with van der Waals surface area (Å²) in [4.78, 5) is 0.217. The fourth-order valence-electron chi connectivity index (χ4n) is 5.21. The molecule has 140 valence electrons. The van der Waals surface area contributed by atoms with Gasteiger partial charge in [-0.25, -0.2) is 0 Å². The first-order valence-electron chi connectivity index (χ1n) is 9.38. The summed E-state index contributed by atoms with van der Waals surface area (Å²) >= 11 is 0. The molecule has 2 fully saturated rings. The van der Waals surface area contributed by atoms with E-state index in [1.807, 2.05) is 6.92 Å². The van der Waals surface area contributed by atoms with Crippen LogP contribution in [0.15, 0.2) is 29.2 Å². The molecule has 0 radical (unpaired) electrons. The predicted octanol–water partition coefficient (Wildman–Crippen LogP) is 3.91. The number of aliphatic hydroxyl groups excluding tert-OH is 1. The van der Waals surface area contributed by atoms with Crippen molar-refractivity contribution in [2.24, 2.45) is 23.2 Å². The molecule has 1 aromatic carbocycles. The zero-order valence-corrected chi connectivity index (χ0v) is 16.3. The normalized spacial score (nSPS) is 33.8. The molecule has 0 saturated heterocycles. The second-order valence-electron chi connectivity index (χ2n) is 8.28. The molecule has 4 nitrogen and oxygen atoms in total. The molecule has 25 heavy (non-hydrogen) atoms. The average Bonchev–Trinajstić information content (AvgIpc) is 2.92. The van der Waals surface area contributed by atoms with Crippen molar-refractivity contribution < 1.29 is 17.7 Å². The minimum atomic E-state index is -3.71. The van der Waals surface area contributed by atoms with Gasteiger partial charge >= 0.3 is 0 Å². The average molecular weight is 367 g/mol. The van der Waals surface area contributed by atoms with Gasteiger partial charge < -0.3 is 5.11 Å². The molecule has 0 unspecified atom stereocenters. The molecular weight excluding hydrogens is 336 g/mol. The third kappa shape index (κ3) is 3.64. The maximum absolute atomic E-state index is 12.4. The lowest BCUT2D eigenvalue weighted by molar-refractivity contribution is -0.0307. The topological polar surface area (TPSA) is 63.6 Å². The molecule has 0 aliphatic heterocycles. The largest absolute Gasteiger partial charge is 0.393 e. The monoisotopic (exact) mass is 366 g/mol. The van der Waals surface area contributed by atoms with Crippen molar-refractivity contribution in [3.8, 4) is 0 Å². The van der Waals surface area contributed by atoms with Crippen molar-refractivity contribution in [2.45, 2.75) is 63.9 Å². The molecule has 2 aliphatic rings. The Bertz CT molecular complexity index is 697. The maximum Gasteiger partial charge on any atom is 0.296 e. The van der Waals surface area contributed by atoms with Crippen LogP contribution in [0.1, 0.15) is 51.5 Å². The second-order valence-corrected chi connectivity index (χ2v) is 9.90. The van der Waals surface area contributed by atoms with Crippen LogP contribution < -0.4 is 0 Å². The summed E-state index contributed by atoms with van der Waals surface area (Å²) in [6, 6.07) is 6.76. The SMILES string of the molecule is Cc1ccc(S(=O)(=O)OC[C@H](C)[C@@H]2CC[C@@H]3[C@@H](O)CCC[C@]32C)cc1. The van der Waals surface area contributed by atoms with E-state index >= 15 is 0 Å². The highest BCUT2D eigenvalue weighted by Gasteiger charge is 2.52. The summed E-state index contributed by atoms with van der Waals surface area (Å²) in [5.74, 6) is 0.906. The number of benzene rings is 1. The Balaban J connectivity index is 1.66. The maximum atomic E-state index is 12.4. The van der Waals surface area contributed by atoms with E-state index in [9.17, 15) is 13.5 Å². The van der Waals surface area contributed by atoms with Crippen LogP contribution in [0.4, 0.5) is 0 Å². The van der Waals surface area contributed by atoms with Gasteiger partial charge in [-0.1, -0.05) is 38.0 Å². The van der Waals surface area contributed by atoms with Gasteiger partial charge in [0.25, 0.3) is 10.1 Å². The number of rotatable bonds is 5. The summed E-state index contributed by atoms with van der Waals surface area (Å²) in [6.07, 6.45) is 4.96. The second kappa shape index (κ2) is 7.01. The summed E-state index contributed by atoms with van der Waals surface area (Å²) in [5, 5.41) is 10.3. The molecule has 0 heterocycles. The Hall–Kier alpha value is -0.910. The van der Waals surface area contributed by atoms with Crippen LogP contribution >= 0.6 is 0 Å². The van der Waals surface area contributed by atoms with Gasteiger partial charge in [0.2, 0.25) is 0 Å². The van der Waals surface area contributed by atoms with Gasteiger partial charge in [-0.3, -0.25) is 4.18 Å². The molecular formula is C20H30O4S. The third-order valence-electron chi connectivity index (χ3n) is 6.65. The van der Waals surface area contributed by atoms with Crippen LogP contribution in [0.3, 0.4) is 0 Å². The van der Waals surface area contributed by atoms with Gasteiger partial charge in [-0.15, -0.1) is 0 Å². The summed E-state index contributed by atoms with van der Waals surface area (Å²) < 4.78 is 30.2. The zero-order chi connectivity index (χ0) is 18.2. The highest BCUT2D eigenvalue weighted by atomic mass is 32.2. The minimum Gasteiger partial charge on any atom is -0.393 e. The molecule has 3 rings (SSSR count). The van der Waals surface area contributed by atoms with Crippen molar-refractivity contribution in [1.29, 1.82) is 0 Å². The minimum absolute atomic E-state index is 0.105. The number of aryl methyl sites for hydroxylation is 1. The fourth-order valence-corrected chi connectivity index (χ4v) is 6.21. The highest BCUT2D eigenvalue weighted by Crippen LogP contribution is 2.57. The lowest BCUT2D eigenvalue weighted by Crippen LogP contribution is -2.42. The van der Waals surface area contributed by atoms with Crippen LogP contribution in [-0.2, 0) is 14.3 Å². The van der Waals surface area contributed by atoms with Gasteiger partial charge in [0.05, 0.1) is 17.6 Å². The Labute approximate surface area is 151 Å². The highest BCUT2D eigenvalue weighted by molar-refractivity contribution is 7.86. The predicted molar refractivity (Wildman–Crippen MR) is 97.7 cm³/mol. The van der Waals surface area contributed by atoms with Crippen LogP contribution in [0.2, 0.25) is 0 Å². The van der Waals surface area contributed by atoms with Crippen molar-refractivity contribution in [3.05, 3.63) is 29.8 Å². The lowest BCUT2D eigenvalue weighted by Gasteiger charge is -2.45. The van der Waals surface area contributed by atoms with E-state index in [1.54, 1.807) is 24.3 Å². The molecule has 2 saturated carbocycles. The number of hydrogen-bond acceptors (Lipinski definition) is 4. The van der Waals surface area contributed by atoms with E-state index in [1.165, 1.54) is 0 Å². The Morgan fingerprint density at radius 3 is 2.60 bits per heavy atom. The van der Waals surface area contributed by atoms with Crippen molar-refractivity contribution >= 4 is 10.1 Å². The standard InChI is InChI=1S/C20H30O4S/c1-14-6-8-16(9-7-14)25(22,23)24-13-15(2)17-10-11-18-19(21)5-4-12-20(17,18)3/h6-9,15,17-19,21H,4-5,10-13H2,1-3H3/t15-,17-,18+,19-,20-/m0/s1. The molecule has 5 heteroatoms. The van der Waals surface area contributed by atoms with Crippen molar-refractivity contribution in [1.82, 2.24) is 0 Å². The number of hydrogen-bond donors (Lipinski definition) is 1. The number of aliphatic hydroxyl groups is 1. The van der Waals surface area contributed by atoms with Crippen LogP contribution in [0.5, 0.6) is 0 Å². The Morgan fingerprint density at radius 2 is 1.92 bits per heavy atom. The van der Waals surface area contributed by atoms with Gasteiger partial charge in [0.1, 0.15) is 0 Å². The van der Waals surface area contributed by atoms with Gasteiger partial charge in [-0.2, -0.15) is 8.42 Å². The molecule has 2 aliphatic carbocycles. The third-order valence-corrected chi connectivity index (χ3v) is 7.94. The van der Waals surface area contributed by atoms with E-state index in [-0.39, 0.29) is 28.9 Å². The molecule has 0 spiro atoms. The lowest BCUT2D eigenvalue weighted by atomic mass is 9.62. The molecule has 1 N–H and O–H groups in total. The summed E-state index contributed by atoms with van der Waals surface area (Å²) in [6.45, 7) is 6.50. The first-order valence-corrected chi connectivity index (χ1v) is 10.8. The zero-order valence-electron chi connectivity index (χ0n) is 15.4. The molecule has 5 atom stereocenters. The van der Waals surface area contributed by atoms with Crippen molar-refractivity contribution in [2.75, 3.05) is 6.61 Å². The summed E-state index contributed by atoms with van der Waals surface area (Å²) in [7, 11) is -3.71. The molecule has 0 aromatic heterocycles. The first-order chi connectivity index (χ1) is 11.7. The van der Waals surface area contributed by atoms with E-state index in [4.69, 9.17) is 4.18 Å². The first kappa shape index (κ1) is 18.9. The van der Waals surface area contributed by atoms with E-state index in [2.05, 4.69) is 13.8 Å². The molecule has 0 bridgehead atoms. The van der Waals surface area contributed by atoms with Crippen LogP contribution in [0.25, 0.3) is 0 Å². The van der Waals surface area contributed by atoms with E-state index in [0.29, 0.717) is 11.8 Å². The van der Waals surface area contributed by atoms with Gasteiger partial charge in [0.15, 0.2) is 0 Å². The fraction of sp³-hybridized carbons (Fsp3) is 0.700. The van der Waals surface area contributed by atoms with Gasteiger partial charge in [0, 0.05) is 0 Å². The Morgan fingerprint density at radius 1 is 1.24 bits per heavy atom. The smallest absolute Gasteiger partial charge is 0.296 e. The van der Waals surface area contributed by atoms with Crippen LogP contribution in [0, 0.1) is 30.1 Å². The van der Waals surface area contributed by atoms with Gasteiger partial charge in [-0.05, 0) is 67.9 Å². The number of fused-ring (bicyclic) bond motifs is 1. The van der Waals surface area contributed by atoms with Crippen molar-refractivity contribution in [3.63, 3.8) is 0 Å². The van der Waals surface area contributed by atoms with E-state index in [0.717, 1.165) is 37.7 Å². The van der Waals surface area contributed by atoms with E-state index < -0.39 is 10.1 Å². The Kier molecular flexibility index (Phi) is 5.29.